The van der Waals surface area contributed by atoms with Crippen LogP contribution in [0.15, 0.2) is 24.4 Å². The Morgan fingerprint density at radius 3 is 2.68 bits per heavy atom. The van der Waals surface area contributed by atoms with Gasteiger partial charge in [-0.1, -0.05) is 13.3 Å². The molecule has 2 aromatic rings. The number of aromatic nitrogens is 3. The first-order valence-electron chi connectivity index (χ1n) is 7.19. The third-order valence-electron chi connectivity index (χ3n) is 3.03. The summed E-state index contributed by atoms with van der Waals surface area (Å²) >= 11 is 0. The molecule has 0 aliphatic heterocycles. The van der Waals surface area contributed by atoms with Crippen molar-refractivity contribution in [1.82, 2.24) is 15.2 Å². The highest BCUT2D eigenvalue weighted by atomic mass is 16.5. The van der Waals surface area contributed by atoms with E-state index in [1.165, 1.54) is 0 Å². The third-order valence-corrected chi connectivity index (χ3v) is 3.03. The summed E-state index contributed by atoms with van der Waals surface area (Å²) in [6, 6.07) is 5.55. The fourth-order valence-electron chi connectivity index (χ4n) is 1.88. The molecule has 0 bridgehead atoms. The van der Waals surface area contributed by atoms with Crippen LogP contribution in [-0.4, -0.2) is 35.9 Å². The largest absolute Gasteiger partial charge is 0.493 e. The first kappa shape index (κ1) is 15.8. The second-order valence-electron chi connectivity index (χ2n) is 4.64. The van der Waals surface area contributed by atoms with E-state index >= 15 is 0 Å². The summed E-state index contributed by atoms with van der Waals surface area (Å²) in [6.07, 6.45) is 3.75. The van der Waals surface area contributed by atoms with Gasteiger partial charge in [-0.05, 0) is 18.6 Å². The maximum Gasteiger partial charge on any atom is 0.244 e. The Bertz CT molecular complexity index is 606. The lowest BCUT2D eigenvalue weighted by Gasteiger charge is -2.11. The van der Waals surface area contributed by atoms with Crippen LogP contribution in [0.2, 0.25) is 0 Å². The molecule has 0 spiro atoms. The lowest BCUT2D eigenvalue weighted by Crippen LogP contribution is -2.07. The molecule has 2 N–H and O–H groups in total. The van der Waals surface area contributed by atoms with E-state index in [0.29, 0.717) is 23.3 Å². The van der Waals surface area contributed by atoms with Crippen molar-refractivity contribution >= 4 is 17.5 Å². The van der Waals surface area contributed by atoms with Crippen molar-refractivity contribution in [2.75, 3.05) is 31.4 Å². The lowest BCUT2D eigenvalue weighted by molar-refractivity contribution is 0.355. The first-order chi connectivity index (χ1) is 10.8. The minimum atomic E-state index is 0.513. The number of nitrogens with one attached hydrogen (secondary N) is 2. The predicted molar refractivity (Wildman–Crippen MR) is 86.1 cm³/mol. The molecule has 0 atom stereocenters. The van der Waals surface area contributed by atoms with Crippen LogP contribution >= 0.6 is 0 Å². The van der Waals surface area contributed by atoms with Gasteiger partial charge in [-0.15, -0.1) is 5.10 Å². The molecule has 0 unspecified atom stereocenters. The van der Waals surface area contributed by atoms with Gasteiger partial charge in [0.15, 0.2) is 17.3 Å². The highest BCUT2D eigenvalue weighted by Crippen LogP contribution is 2.30. The van der Waals surface area contributed by atoms with Crippen molar-refractivity contribution in [1.29, 1.82) is 0 Å². The SMILES string of the molecule is CCCCNc1nncc(Nc2ccc(OC)c(OC)c2)n1. The number of nitrogens with zero attached hydrogens (tertiary/aromatic N) is 3. The Morgan fingerprint density at radius 2 is 1.95 bits per heavy atom. The monoisotopic (exact) mass is 303 g/mol. The van der Waals surface area contributed by atoms with Crippen molar-refractivity contribution in [3.8, 4) is 11.5 Å². The molecule has 0 radical (unpaired) electrons. The zero-order valence-corrected chi connectivity index (χ0v) is 13.1. The molecular formula is C15H21N5O2. The normalized spacial score (nSPS) is 10.1. The number of ether oxygens (including phenoxy) is 2. The highest BCUT2D eigenvalue weighted by Gasteiger charge is 2.06. The van der Waals surface area contributed by atoms with E-state index in [4.69, 9.17) is 9.47 Å². The van der Waals surface area contributed by atoms with Crippen molar-refractivity contribution < 1.29 is 9.47 Å². The van der Waals surface area contributed by atoms with Crippen LogP contribution in [0, 0.1) is 0 Å². The van der Waals surface area contributed by atoms with E-state index in [-0.39, 0.29) is 0 Å². The minimum Gasteiger partial charge on any atom is -0.493 e. The maximum atomic E-state index is 5.28. The maximum absolute atomic E-state index is 5.28. The van der Waals surface area contributed by atoms with E-state index in [2.05, 4.69) is 32.7 Å². The second kappa shape index (κ2) is 8.02. The topological polar surface area (TPSA) is 81.2 Å². The zero-order chi connectivity index (χ0) is 15.8. The first-order valence-corrected chi connectivity index (χ1v) is 7.19. The van der Waals surface area contributed by atoms with Gasteiger partial charge in [0.25, 0.3) is 0 Å². The van der Waals surface area contributed by atoms with Crippen LogP contribution < -0.4 is 20.1 Å². The Hall–Kier alpha value is -2.57. The van der Waals surface area contributed by atoms with Gasteiger partial charge in [0.1, 0.15) is 0 Å². The summed E-state index contributed by atoms with van der Waals surface area (Å²) in [6.45, 7) is 2.97. The molecule has 1 heterocycles. The molecule has 118 valence electrons. The van der Waals surface area contributed by atoms with Gasteiger partial charge in [-0.25, -0.2) is 0 Å². The average molecular weight is 303 g/mol. The quantitative estimate of drug-likeness (QED) is 0.726. The zero-order valence-electron chi connectivity index (χ0n) is 13.1. The Kier molecular flexibility index (Phi) is 5.76. The molecule has 1 aromatic heterocycles. The van der Waals surface area contributed by atoms with Gasteiger partial charge in [0.2, 0.25) is 5.95 Å². The van der Waals surface area contributed by atoms with Gasteiger partial charge < -0.3 is 20.1 Å². The molecule has 7 nitrogen and oxygen atoms in total. The van der Waals surface area contributed by atoms with E-state index in [0.717, 1.165) is 25.1 Å². The average Bonchev–Trinajstić information content (AvgIpc) is 2.55. The Morgan fingerprint density at radius 1 is 1.14 bits per heavy atom. The summed E-state index contributed by atoms with van der Waals surface area (Å²) in [5.41, 5.74) is 0.831. The van der Waals surface area contributed by atoms with Crippen LogP contribution in [0.25, 0.3) is 0 Å². The molecule has 0 aliphatic carbocycles. The molecule has 0 saturated carbocycles. The van der Waals surface area contributed by atoms with Gasteiger partial charge >= 0.3 is 0 Å². The smallest absolute Gasteiger partial charge is 0.244 e. The number of hydrogen-bond donors (Lipinski definition) is 2. The fourth-order valence-corrected chi connectivity index (χ4v) is 1.88. The number of benzene rings is 1. The van der Waals surface area contributed by atoms with Crippen LogP contribution in [0.1, 0.15) is 19.8 Å². The number of hydrogen-bond acceptors (Lipinski definition) is 7. The summed E-state index contributed by atoms with van der Waals surface area (Å²) in [7, 11) is 3.21. The van der Waals surface area contributed by atoms with Crippen molar-refractivity contribution in [2.24, 2.45) is 0 Å². The van der Waals surface area contributed by atoms with E-state index in [9.17, 15) is 0 Å². The fraction of sp³-hybridized carbons (Fsp3) is 0.400. The predicted octanol–water partition coefficient (Wildman–Crippen LogP) is 2.84. The Balaban J connectivity index is 2.08. The molecule has 0 saturated heterocycles. The molecule has 7 heteroatoms. The Labute approximate surface area is 130 Å². The van der Waals surface area contributed by atoms with Crippen molar-refractivity contribution in [2.45, 2.75) is 19.8 Å². The summed E-state index contributed by atoms with van der Waals surface area (Å²) in [5.74, 6) is 2.45. The van der Waals surface area contributed by atoms with E-state index in [1.807, 2.05) is 18.2 Å². The second-order valence-corrected chi connectivity index (χ2v) is 4.64. The number of methoxy groups -OCH3 is 2. The number of rotatable bonds is 8. The number of unbranched alkanes of at least 4 members (excludes halogenated alkanes) is 1. The molecule has 0 aliphatic rings. The van der Waals surface area contributed by atoms with Crippen LogP contribution in [0.5, 0.6) is 11.5 Å². The van der Waals surface area contributed by atoms with Gasteiger partial charge in [-0.3, -0.25) is 0 Å². The highest BCUT2D eigenvalue weighted by molar-refractivity contribution is 5.61. The molecular weight excluding hydrogens is 282 g/mol. The van der Waals surface area contributed by atoms with Gasteiger partial charge in [-0.2, -0.15) is 10.1 Å². The molecule has 0 amide bonds. The number of anilines is 3. The van der Waals surface area contributed by atoms with Gasteiger partial charge in [0, 0.05) is 18.3 Å². The van der Waals surface area contributed by atoms with Crippen LogP contribution in [0.4, 0.5) is 17.5 Å². The van der Waals surface area contributed by atoms with Gasteiger partial charge in [0.05, 0.1) is 20.4 Å². The molecule has 2 rings (SSSR count). The standard InChI is InChI=1S/C15H21N5O2/c1-4-5-8-16-15-19-14(10-17-20-15)18-11-6-7-12(21-2)13(9-11)22-3/h6-7,9-10H,4-5,8H2,1-3H3,(H2,16,18,19,20). The summed E-state index contributed by atoms with van der Waals surface area (Å²) < 4.78 is 10.5. The van der Waals surface area contributed by atoms with Crippen LogP contribution in [0.3, 0.4) is 0 Å². The minimum absolute atomic E-state index is 0.513. The van der Waals surface area contributed by atoms with Crippen molar-refractivity contribution in [3.05, 3.63) is 24.4 Å². The molecule has 22 heavy (non-hydrogen) atoms. The van der Waals surface area contributed by atoms with Crippen LogP contribution in [-0.2, 0) is 0 Å². The van der Waals surface area contributed by atoms with Crippen molar-refractivity contribution in [3.63, 3.8) is 0 Å². The summed E-state index contributed by atoms with van der Waals surface area (Å²) in [4.78, 5) is 4.37. The molecule has 1 aromatic carbocycles. The summed E-state index contributed by atoms with van der Waals surface area (Å²) in [5, 5.41) is 14.2. The van der Waals surface area contributed by atoms with E-state index < -0.39 is 0 Å². The third kappa shape index (κ3) is 4.21. The lowest BCUT2D eigenvalue weighted by atomic mass is 10.2. The van der Waals surface area contributed by atoms with E-state index in [1.54, 1.807) is 20.4 Å². The molecule has 0 fully saturated rings.